The molecule has 1 aromatic carbocycles. The second-order valence-corrected chi connectivity index (χ2v) is 12.0. The standard InChI is InChI=1S/C27H24ClF5N6O4/c1-23(27(31,32)33)11-38(15-10-34-17-9-16(28)37-39(17)20(15)23)14-5-3-13(4-6-14)19-24(2,26(19,29)30)21(42)36-25(12-40)8-7-18(41)35-22(25)43/h3-6,9-10,19,40H,7-8,11-12H2,1-2H3,(H,36,42)(H,35,41,43)/t19-,23-,24+,25?/m1/s1. The van der Waals surface area contributed by atoms with E-state index >= 15 is 8.78 Å². The minimum absolute atomic E-state index is 0.0341. The lowest BCUT2D eigenvalue weighted by Crippen LogP contribution is -2.66. The van der Waals surface area contributed by atoms with Crippen molar-refractivity contribution in [2.24, 2.45) is 5.41 Å². The van der Waals surface area contributed by atoms with Gasteiger partial charge in [0, 0.05) is 24.7 Å². The molecule has 6 rings (SSSR count). The number of nitrogens with zero attached hydrogens (tertiary/aromatic N) is 4. The molecule has 3 aliphatic rings. The average molecular weight is 627 g/mol. The van der Waals surface area contributed by atoms with Crippen molar-refractivity contribution in [3.8, 4) is 0 Å². The van der Waals surface area contributed by atoms with Gasteiger partial charge in [-0.1, -0.05) is 23.7 Å². The Morgan fingerprint density at radius 3 is 2.49 bits per heavy atom. The summed E-state index contributed by atoms with van der Waals surface area (Å²) in [5.41, 5.74) is -6.25. The van der Waals surface area contributed by atoms with Gasteiger partial charge in [-0.2, -0.15) is 18.3 Å². The molecule has 0 radical (unpaired) electrons. The van der Waals surface area contributed by atoms with E-state index in [1.807, 2.05) is 5.32 Å². The first-order valence-electron chi connectivity index (χ1n) is 13.1. The molecule has 0 bridgehead atoms. The Labute approximate surface area is 245 Å². The van der Waals surface area contributed by atoms with Crippen LogP contribution in [0.3, 0.4) is 0 Å². The third-order valence-electron chi connectivity index (χ3n) is 9.00. The second kappa shape index (κ2) is 9.08. The van der Waals surface area contributed by atoms with E-state index in [1.165, 1.54) is 41.4 Å². The van der Waals surface area contributed by atoms with Crippen LogP contribution in [0.25, 0.3) is 5.65 Å². The number of amides is 3. The fourth-order valence-electron chi connectivity index (χ4n) is 6.15. The van der Waals surface area contributed by atoms with Gasteiger partial charge in [0.05, 0.1) is 30.1 Å². The smallest absolute Gasteiger partial charge is 0.393 e. The summed E-state index contributed by atoms with van der Waals surface area (Å²) in [6.45, 7) is 0.608. The van der Waals surface area contributed by atoms with Crippen LogP contribution in [0.2, 0.25) is 5.15 Å². The number of carbonyl (C=O) groups excluding carboxylic acids is 3. The molecule has 228 valence electrons. The Hall–Kier alpha value is -3.85. The number of alkyl halides is 5. The largest absolute Gasteiger partial charge is 0.401 e. The van der Waals surface area contributed by atoms with Crippen LogP contribution in [0.5, 0.6) is 0 Å². The molecular weight excluding hydrogens is 603 g/mol. The predicted molar refractivity (Wildman–Crippen MR) is 141 cm³/mol. The molecule has 4 atom stereocenters. The first kappa shape index (κ1) is 29.2. The van der Waals surface area contributed by atoms with Gasteiger partial charge in [0.1, 0.15) is 16.4 Å². The van der Waals surface area contributed by atoms with Crippen LogP contribution in [-0.4, -0.2) is 68.2 Å². The topological polar surface area (TPSA) is 129 Å². The van der Waals surface area contributed by atoms with Crippen molar-refractivity contribution in [1.82, 2.24) is 25.2 Å². The number of anilines is 2. The van der Waals surface area contributed by atoms with Gasteiger partial charge in [-0.15, -0.1) is 0 Å². The summed E-state index contributed by atoms with van der Waals surface area (Å²) in [4.78, 5) is 42.6. The molecule has 1 saturated heterocycles. The number of hydrogen-bond donors (Lipinski definition) is 3. The van der Waals surface area contributed by atoms with Gasteiger partial charge in [0.2, 0.25) is 11.8 Å². The molecule has 3 aromatic rings. The quantitative estimate of drug-likeness (QED) is 0.293. The number of nitrogens with one attached hydrogen (secondary N) is 2. The summed E-state index contributed by atoms with van der Waals surface area (Å²) in [6, 6.07) is 6.70. The van der Waals surface area contributed by atoms with E-state index in [0.29, 0.717) is 0 Å². The van der Waals surface area contributed by atoms with Crippen LogP contribution in [0.4, 0.5) is 33.3 Å². The third-order valence-corrected chi connectivity index (χ3v) is 9.18. The Bertz CT molecular complexity index is 1700. The van der Waals surface area contributed by atoms with Crippen LogP contribution < -0.4 is 15.5 Å². The van der Waals surface area contributed by atoms with Crippen molar-refractivity contribution >= 4 is 46.3 Å². The van der Waals surface area contributed by atoms with Gasteiger partial charge < -0.3 is 15.3 Å². The highest BCUT2D eigenvalue weighted by Gasteiger charge is 2.82. The van der Waals surface area contributed by atoms with E-state index < -0.39 is 65.3 Å². The third kappa shape index (κ3) is 3.96. The molecule has 2 fully saturated rings. The van der Waals surface area contributed by atoms with Crippen LogP contribution in [0.15, 0.2) is 36.5 Å². The molecule has 3 N–H and O–H groups in total. The Kier molecular flexibility index (Phi) is 6.17. The van der Waals surface area contributed by atoms with E-state index in [9.17, 15) is 32.7 Å². The molecule has 0 spiro atoms. The van der Waals surface area contributed by atoms with Crippen molar-refractivity contribution in [1.29, 1.82) is 0 Å². The van der Waals surface area contributed by atoms with E-state index in [0.717, 1.165) is 18.4 Å². The fraction of sp³-hybridized carbons (Fsp3) is 0.444. The van der Waals surface area contributed by atoms with Gasteiger partial charge in [-0.3, -0.25) is 19.7 Å². The summed E-state index contributed by atoms with van der Waals surface area (Å²) in [6.07, 6.45) is -3.88. The maximum atomic E-state index is 15.3. The Morgan fingerprint density at radius 1 is 1.21 bits per heavy atom. The first-order valence-corrected chi connectivity index (χ1v) is 13.5. The molecule has 43 heavy (non-hydrogen) atoms. The molecular formula is C27H24ClF5N6O4. The first-order chi connectivity index (χ1) is 20.0. The summed E-state index contributed by atoms with van der Waals surface area (Å²) in [5.74, 6) is -7.98. The average Bonchev–Trinajstić information content (AvgIpc) is 3.20. The van der Waals surface area contributed by atoms with Crippen molar-refractivity contribution in [2.45, 2.75) is 55.7 Å². The van der Waals surface area contributed by atoms with Gasteiger partial charge in [-0.25, -0.2) is 18.3 Å². The fourth-order valence-corrected chi connectivity index (χ4v) is 6.32. The molecule has 16 heteroatoms. The molecule has 4 heterocycles. The number of carbonyl (C=O) groups is 3. The molecule has 1 saturated carbocycles. The number of fused-ring (bicyclic) bond motifs is 3. The summed E-state index contributed by atoms with van der Waals surface area (Å²) in [5, 5.41) is 18.0. The van der Waals surface area contributed by atoms with Crippen LogP contribution >= 0.6 is 11.6 Å². The van der Waals surface area contributed by atoms with Crippen molar-refractivity contribution in [2.75, 3.05) is 18.1 Å². The zero-order valence-corrected chi connectivity index (χ0v) is 23.4. The van der Waals surface area contributed by atoms with Gasteiger partial charge >= 0.3 is 6.18 Å². The Morgan fingerprint density at radius 2 is 1.88 bits per heavy atom. The normalized spacial score (nSPS) is 29.9. The van der Waals surface area contributed by atoms with Gasteiger partial charge in [0.15, 0.2) is 10.8 Å². The summed E-state index contributed by atoms with van der Waals surface area (Å²) < 4.78 is 74.9. The van der Waals surface area contributed by atoms with Crippen LogP contribution in [0.1, 0.15) is 43.9 Å². The van der Waals surface area contributed by atoms with E-state index in [2.05, 4.69) is 15.4 Å². The number of hydrogen-bond acceptors (Lipinski definition) is 7. The monoisotopic (exact) mass is 626 g/mol. The molecule has 2 aromatic heterocycles. The second-order valence-electron chi connectivity index (χ2n) is 11.6. The highest BCUT2D eigenvalue weighted by atomic mass is 35.5. The minimum Gasteiger partial charge on any atom is -0.393 e. The molecule has 10 nitrogen and oxygen atoms in total. The molecule has 1 aliphatic carbocycles. The minimum atomic E-state index is -4.69. The number of aliphatic hydroxyl groups is 1. The molecule has 1 unspecified atom stereocenters. The number of imide groups is 1. The van der Waals surface area contributed by atoms with E-state index in [4.69, 9.17) is 11.6 Å². The highest BCUT2D eigenvalue weighted by Crippen LogP contribution is 2.71. The summed E-state index contributed by atoms with van der Waals surface area (Å²) in [7, 11) is 0. The zero-order valence-electron chi connectivity index (χ0n) is 22.6. The molecule has 3 amide bonds. The van der Waals surface area contributed by atoms with Crippen LogP contribution in [0, 0.1) is 5.41 Å². The van der Waals surface area contributed by atoms with E-state index in [1.54, 1.807) is 0 Å². The number of piperidine rings is 1. The zero-order chi connectivity index (χ0) is 31.3. The number of rotatable bonds is 5. The predicted octanol–water partition coefficient (Wildman–Crippen LogP) is 3.38. The lowest BCUT2D eigenvalue weighted by atomic mass is 9.87. The lowest BCUT2D eigenvalue weighted by Gasteiger charge is -2.35. The maximum Gasteiger partial charge on any atom is 0.401 e. The number of aliphatic hydroxyl groups excluding tert-OH is 1. The van der Waals surface area contributed by atoms with Crippen molar-refractivity contribution in [3.05, 3.63) is 52.9 Å². The lowest BCUT2D eigenvalue weighted by molar-refractivity contribution is -0.181. The summed E-state index contributed by atoms with van der Waals surface area (Å²) >= 11 is 5.95. The Balaban J connectivity index is 1.30. The van der Waals surface area contributed by atoms with Gasteiger partial charge in [-0.05, 0) is 38.0 Å². The number of halogens is 6. The van der Waals surface area contributed by atoms with Gasteiger partial charge in [0.25, 0.3) is 11.8 Å². The highest BCUT2D eigenvalue weighted by molar-refractivity contribution is 6.29. The van der Waals surface area contributed by atoms with E-state index in [-0.39, 0.29) is 46.3 Å². The van der Waals surface area contributed by atoms with Crippen molar-refractivity contribution in [3.63, 3.8) is 0 Å². The maximum absolute atomic E-state index is 15.3. The number of aromatic nitrogens is 3. The number of benzene rings is 1. The SMILES string of the molecule is C[C@@]1(C(F)(F)F)CN(c2ccc([C@H]3C(F)(F)[C@]3(C)C(=O)NC3(CO)CCC(=O)NC3=O)cc2)c2cnc3cc(Cl)nn3c21. The molecule has 2 aliphatic heterocycles. The van der Waals surface area contributed by atoms with Crippen molar-refractivity contribution < 1.29 is 41.4 Å². The van der Waals surface area contributed by atoms with Crippen LogP contribution in [-0.2, 0) is 19.8 Å².